The molecule has 0 atom stereocenters. The minimum atomic E-state index is 0.513. The van der Waals surface area contributed by atoms with Gasteiger partial charge in [0.05, 0.1) is 11.9 Å². The highest BCUT2D eigenvalue weighted by molar-refractivity contribution is 5.49. The SMILES string of the molecule is c1ccc(Nc2cncc(C3CCNCC3)n2)nc1. The average Bonchev–Trinajstić information content (AvgIpc) is 2.49. The van der Waals surface area contributed by atoms with Crippen LogP contribution in [0.1, 0.15) is 24.5 Å². The van der Waals surface area contributed by atoms with E-state index in [1.165, 1.54) is 0 Å². The third-order valence-corrected chi connectivity index (χ3v) is 3.33. The lowest BCUT2D eigenvalue weighted by Gasteiger charge is -2.22. The summed E-state index contributed by atoms with van der Waals surface area (Å²) in [6.45, 7) is 2.12. The monoisotopic (exact) mass is 255 g/mol. The predicted octanol–water partition coefficient (Wildman–Crippen LogP) is 2.08. The number of pyridine rings is 1. The minimum absolute atomic E-state index is 0.513. The van der Waals surface area contributed by atoms with Gasteiger partial charge in [0.1, 0.15) is 11.6 Å². The van der Waals surface area contributed by atoms with Crippen LogP contribution in [-0.2, 0) is 0 Å². The van der Waals surface area contributed by atoms with E-state index in [2.05, 4.69) is 25.6 Å². The zero-order valence-corrected chi connectivity index (χ0v) is 10.7. The van der Waals surface area contributed by atoms with Crippen molar-refractivity contribution < 1.29 is 0 Å². The molecule has 2 aromatic heterocycles. The largest absolute Gasteiger partial charge is 0.324 e. The van der Waals surface area contributed by atoms with Crippen LogP contribution in [0.5, 0.6) is 0 Å². The van der Waals surface area contributed by atoms with Crippen LogP contribution >= 0.6 is 0 Å². The van der Waals surface area contributed by atoms with E-state index in [4.69, 9.17) is 0 Å². The Labute approximate surface area is 112 Å². The Hall–Kier alpha value is -2.01. The molecule has 1 aliphatic rings. The Morgan fingerprint density at radius 2 is 2.00 bits per heavy atom. The molecule has 0 amide bonds. The van der Waals surface area contributed by atoms with Gasteiger partial charge in [-0.3, -0.25) is 4.98 Å². The van der Waals surface area contributed by atoms with E-state index in [1.54, 1.807) is 12.4 Å². The summed E-state index contributed by atoms with van der Waals surface area (Å²) in [6.07, 6.45) is 7.62. The summed E-state index contributed by atoms with van der Waals surface area (Å²) in [4.78, 5) is 13.2. The van der Waals surface area contributed by atoms with Crippen molar-refractivity contribution in [2.24, 2.45) is 0 Å². The fourth-order valence-electron chi connectivity index (χ4n) is 2.32. The van der Waals surface area contributed by atoms with E-state index in [9.17, 15) is 0 Å². The van der Waals surface area contributed by atoms with Gasteiger partial charge in [0.2, 0.25) is 0 Å². The Kier molecular flexibility index (Phi) is 3.65. The molecule has 5 heteroatoms. The lowest BCUT2D eigenvalue weighted by molar-refractivity contribution is 0.452. The fourth-order valence-corrected chi connectivity index (χ4v) is 2.32. The van der Waals surface area contributed by atoms with E-state index in [0.717, 1.165) is 43.3 Å². The van der Waals surface area contributed by atoms with Gasteiger partial charge in [0.15, 0.2) is 0 Å². The lowest BCUT2D eigenvalue weighted by atomic mass is 9.95. The molecule has 1 fully saturated rings. The highest BCUT2D eigenvalue weighted by Gasteiger charge is 2.17. The first-order valence-corrected chi connectivity index (χ1v) is 6.62. The highest BCUT2D eigenvalue weighted by Crippen LogP contribution is 2.24. The van der Waals surface area contributed by atoms with Crippen molar-refractivity contribution in [3.05, 3.63) is 42.5 Å². The number of rotatable bonds is 3. The highest BCUT2D eigenvalue weighted by atomic mass is 15.1. The second kappa shape index (κ2) is 5.75. The van der Waals surface area contributed by atoms with Crippen LogP contribution in [-0.4, -0.2) is 28.0 Å². The summed E-state index contributed by atoms with van der Waals surface area (Å²) in [7, 11) is 0. The predicted molar refractivity (Wildman–Crippen MR) is 74.4 cm³/mol. The Morgan fingerprint density at radius 1 is 1.11 bits per heavy atom. The van der Waals surface area contributed by atoms with E-state index in [1.807, 2.05) is 24.4 Å². The standard InChI is InChI=1S/C14H17N5/c1-2-6-17-13(3-1)19-14-10-16-9-12(18-14)11-4-7-15-8-5-11/h1-3,6,9-11,15H,4-5,7-8H2,(H,17,18,19). The Morgan fingerprint density at radius 3 is 2.79 bits per heavy atom. The minimum Gasteiger partial charge on any atom is -0.324 e. The average molecular weight is 255 g/mol. The number of anilines is 2. The quantitative estimate of drug-likeness (QED) is 0.879. The number of nitrogens with zero attached hydrogens (tertiary/aromatic N) is 3. The molecule has 0 radical (unpaired) electrons. The molecule has 5 nitrogen and oxygen atoms in total. The second-order valence-electron chi connectivity index (χ2n) is 4.69. The Balaban J connectivity index is 1.76. The molecule has 3 rings (SSSR count). The maximum Gasteiger partial charge on any atom is 0.150 e. The molecular formula is C14H17N5. The third kappa shape index (κ3) is 3.06. The van der Waals surface area contributed by atoms with Crippen LogP contribution in [0, 0.1) is 0 Å². The van der Waals surface area contributed by atoms with Crippen molar-refractivity contribution in [1.29, 1.82) is 0 Å². The van der Waals surface area contributed by atoms with Crippen LogP contribution in [0.2, 0.25) is 0 Å². The van der Waals surface area contributed by atoms with Gasteiger partial charge >= 0.3 is 0 Å². The van der Waals surface area contributed by atoms with Crippen molar-refractivity contribution in [3.63, 3.8) is 0 Å². The van der Waals surface area contributed by atoms with Gasteiger partial charge in [-0.2, -0.15) is 0 Å². The maximum atomic E-state index is 4.65. The summed E-state index contributed by atoms with van der Waals surface area (Å²) in [5, 5.41) is 6.55. The zero-order chi connectivity index (χ0) is 12.9. The second-order valence-corrected chi connectivity index (χ2v) is 4.69. The summed E-state index contributed by atoms with van der Waals surface area (Å²) in [5.41, 5.74) is 1.07. The van der Waals surface area contributed by atoms with E-state index in [-0.39, 0.29) is 0 Å². The maximum absolute atomic E-state index is 4.65. The van der Waals surface area contributed by atoms with Gasteiger partial charge in [0.25, 0.3) is 0 Å². The van der Waals surface area contributed by atoms with Crippen molar-refractivity contribution in [2.45, 2.75) is 18.8 Å². The topological polar surface area (TPSA) is 62.7 Å². The van der Waals surface area contributed by atoms with Gasteiger partial charge in [0, 0.05) is 18.3 Å². The summed E-state index contributed by atoms with van der Waals surface area (Å²) in [6, 6.07) is 5.75. The normalized spacial score (nSPS) is 16.2. The summed E-state index contributed by atoms with van der Waals surface area (Å²) in [5.74, 6) is 2.06. The molecule has 2 N–H and O–H groups in total. The molecule has 0 saturated carbocycles. The molecule has 1 saturated heterocycles. The first-order valence-electron chi connectivity index (χ1n) is 6.62. The number of aromatic nitrogens is 3. The molecule has 2 aromatic rings. The summed E-state index contributed by atoms with van der Waals surface area (Å²) >= 11 is 0. The van der Waals surface area contributed by atoms with Crippen LogP contribution in [0.4, 0.5) is 11.6 Å². The van der Waals surface area contributed by atoms with Gasteiger partial charge in [-0.1, -0.05) is 6.07 Å². The molecule has 1 aliphatic heterocycles. The van der Waals surface area contributed by atoms with Crippen molar-refractivity contribution in [3.8, 4) is 0 Å². The molecule has 98 valence electrons. The molecule has 0 unspecified atom stereocenters. The van der Waals surface area contributed by atoms with Gasteiger partial charge < -0.3 is 10.6 Å². The molecule has 0 aliphatic carbocycles. The first-order chi connectivity index (χ1) is 9.42. The molecular weight excluding hydrogens is 238 g/mol. The van der Waals surface area contributed by atoms with Crippen LogP contribution in [0.3, 0.4) is 0 Å². The van der Waals surface area contributed by atoms with Crippen molar-refractivity contribution in [2.75, 3.05) is 18.4 Å². The van der Waals surface area contributed by atoms with Crippen LogP contribution in [0.25, 0.3) is 0 Å². The molecule has 3 heterocycles. The van der Waals surface area contributed by atoms with Gasteiger partial charge in [-0.15, -0.1) is 0 Å². The molecule has 0 spiro atoms. The first kappa shape index (κ1) is 12.0. The lowest BCUT2D eigenvalue weighted by Crippen LogP contribution is -2.27. The zero-order valence-electron chi connectivity index (χ0n) is 10.7. The van der Waals surface area contributed by atoms with Crippen molar-refractivity contribution in [1.82, 2.24) is 20.3 Å². The third-order valence-electron chi connectivity index (χ3n) is 3.33. The van der Waals surface area contributed by atoms with Gasteiger partial charge in [-0.25, -0.2) is 9.97 Å². The number of piperidine rings is 1. The van der Waals surface area contributed by atoms with Crippen LogP contribution < -0.4 is 10.6 Å². The summed E-state index contributed by atoms with van der Waals surface area (Å²) < 4.78 is 0. The molecule has 0 bridgehead atoms. The fraction of sp³-hybridized carbons (Fsp3) is 0.357. The van der Waals surface area contributed by atoms with Gasteiger partial charge in [-0.05, 0) is 38.1 Å². The number of hydrogen-bond acceptors (Lipinski definition) is 5. The van der Waals surface area contributed by atoms with Crippen molar-refractivity contribution >= 4 is 11.6 Å². The molecule has 0 aromatic carbocycles. The number of nitrogens with one attached hydrogen (secondary N) is 2. The van der Waals surface area contributed by atoms with E-state index < -0.39 is 0 Å². The van der Waals surface area contributed by atoms with E-state index in [0.29, 0.717) is 5.92 Å². The molecule has 19 heavy (non-hydrogen) atoms. The smallest absolute Gasteiger partial charge is 0.150 e. The van der Waals surface area contributed by atoms with E-state index >= 15 is 0 Å². The number of hydrogen-bond donors (Lipinski definition) is 2. The van der Waals surface area contributed by atoms with Crippen LogP contribution in [0.15, 0.2) is 36.8 Å². The Bertz CT molecular complexity index is 522.